The first kappa shape index (κ1) is 10.7. The molecule has 1 heterocycles. The molecule has 0 amide bonds. The fourth-order valence-electron chi connectivity index (χ4n) is 2.21. The maximum absolute atomic E-state index is 12.4. The molecule has 0 bridgehead atoms. The lowest BCUT2D eigenvalue weighted by Crippen LogP contribution is -2.18. The molecule has 0 aliphatic heterocycles. The van der Waals surface area contributed by atoms with Gasteiger partial charge in [0.15, 0.2) is 11.5 Å². The maximum atomic E-state index is 12.4. The van der Waals surface area contributed by atoms with Crippen molar-refractivity contribution in [1.82, 2.24) is 0 Å². The van der Waals surface area contributed by atoms with E-state index in [1.54, 1.807) is 13.0 Å². The summed E-state index contributed by atoms with van der Waals surface area (Å²) in [6.07, 6.45) is 1.38. The van der Waals surface area contributed by atoms with E-state index in [-0.39, 0.29) is 17.3 Å². The zero-order chi connectivity index (χ0) is 12.7. The van der Waals surface area contributed by atoms with Crippen molar-refractivity contribution in [3.63, 3.8) is 0 Å². The molecule has 1 aliphatic rings. The van der Waals surface area contributed by atoms with Crippen molar-refractivity contribution in [3.05, 3.63) is 65.1 Å². The molecular formula is C15H10O3. The standard InChI is InChI=1S/C15H10O3/c1-9-12(10-5-3-2-4-6-10)14(17)11-7-8-18-15(11)13(9)16/h2-8H,1H3. The van der Waals surface area contributed by atoms with Gasteiger partial charge in [0.2, 0.25) is 5.78 Å². The number of Topliss-reactive ketones (excluding diaryl/α,β-unsaturated/α-hetero) is 2. The highest BCUT2D eigenvalue weighted by atomic mass is 16.3. The molecule has 0 spiro atoms. The molecule has 88 valence electrons. The number of allylic oxidation sites excluding steroid dienone is 2. The van der Waals surface area contributed by atoms with Gasteiger partial charge in [-0.15, -0.1) is 0 Å². The Morgan fingerprint density at radius 1 is 0.944 bits per heavy atom. The minimum Gasteiger partial charge on any atom is -0.460 e. The zero-order valence-corrected chi connectivity index (χ0v) is 9.77. The first-order valence-corrected chi connectivity index (χ1v) is 5.63. The smallest absolute Gasteiger partial charge is 0.225 e. The van der Waals surface area contributed by atoms with Gasteiger partial charge in [0.05, 0.1) is 11.8 Å². The maximum Gasteiger partial charge on any atom is 0.225 e. The van der Waals surface area contributed by atoms with Gasteiger partial charge < -0.3 is 4.42 Å². The molecule has 1 aliphatic carbocycles. The van der Waals surface area contributed by atoms with E-state index in [0.717, 1.165) is 5.56 Å². The quantitative estimate of drug-likeness (QED) is 0.766. The van der Waals surface area contributed by atoms with Crippen molar-refractivity contribution >= 4 is 17.1 Å². The lowest BCUT2D eigenvalue weighted by Gasteiger charge is -2.15. The molecule has 0 atom stereocenters. The van der Waals surface area contributed by atoms with Gasteiger partial charge in [0, 0.05) is 11.1 Å². The van der Waals surface area contributed by atoms with E-state index in [1.165, 1.54) is 6.26 Å². The van der Waals surface area contributed by atoms with Crippen LogP contribution in [-0.4, -0.2) is 11.6 Å². The molecule has 0 saturated heterocycles. The van der Waals surface area contributed by atoms with Crippen molar-refractivity contribution in [2.45, 2.75) is 6.92 Å². The van der Waals surface area contributed by atoms with Gasteiger partial charge in [-0.2, -0.15) is 0 Å². The van der Waals surface area contributed by atoms with Gasteiger partial charge in [-0.3, -0.25) is 9.59 Å². The predicted octanol–water partition coefficient (Wildman–Crippen LogP) is 3.13. The Morgan fingerprint density at radius 3 is 2.39 bits per heavy atom. The average molecular weight is 238 g/mol. The number of carbonyl (C=O) groups is 2. The predicted molar refractivity (Wildman–Crippen MR) is 66.4 cm³/mol. The van der Waals surface area contributed by atoms with Crippen molar-refractivity contribution < 1.29 is 14.0 Å². The minimum absolute atomic E-state index is 0.150. The van der Waals surface area contributed by atoms with Crippen LogP contribution in [0.2, 0.25) is 0 Å². The van der Waals surface area contributed by atoms with Gasteiger partial charge in [0.1, 0.15) is 0 Å². The number of rotatable bonds is 1. The molecule has 3 nitrogen and oxygen atoms in total. The lowest BCUT2D eigenvalue weighted by molar-refractivity contribution is 0.0971. The summed E-state index contributed by atoms with van der Waals surface area (Å²) in [6, 6.07) is 10.8. The molecule has 0 fully saturated rings. The molecule has 0 radical (unpaired) electrons. The molecule has 18 heavy (non-hydrogen) atoms. The van der Waals surface area contributed by atoms with Gasteiger partial charge in [0.25, 0.3) is 0 Å². The van der Waals surface area contributed by atoms with E-state index in [0.29, 0.717) is 16.7 Å². The van der Waals surface area contributed by atoms with Gasteiger partial charge >= 0.3 is 0 Å². The fraction of sp³-hybridized carbons (Fsp3) is 0.0667. The Labute approximate surface area is 104 Å². The van der Waals surface area contributed by atoms with Crippen LogP contribution in [-0.2, 0) is 0 Å². The Bertz CT molecular complexity index is 675. The van der Waals surface area contributed by atoms with Crippen LogP contribution < -0.4 is 0 Å². The van der Waals surface area contributed by atoms with E-state index in [4.69, 9.17) is 4.42 Å². The van der Waals surface area contributed by atoms with E-state index in [9.17, 15) is 9.59 Å². The van der Waals surface area contributed by atoms with E-state index >= 15 is 0 Å². The van der Waals surface area contributed by atoms with Gasteiger partial charge in [-0.25, -0.2) is 0 Å². The first-order valence-electron chi connectivity index (χ1n) is 5.63. The zero-order valence-electron chi connectivity index (χ0n) is 9.77. The van der Waals surface area contributed by atoms with Crippen LogP contribution in [0.5, 0.6) is 0 Å². The molecule has 3 rings (SSSR count). The van der Waals surface area contributed by atoms with Crippen molar-refractivity contribution in [2.24, 2.45) is 0 Å². The van der Waals surface area contributed by atoms with Gasteiger partial charge in [-0.1, -0.05) is 30.3 Å². The second kappa shape index (κ2) is 3.81. The number of hydrogen-bond acceptors (Lipinski definition) is 3. The second-order valence-electron chi connectivity index (χ2n) is 4.19. The molecule has 0 unspecified atom stereocenters. The summed E-state index contributed by atoms with van der Waals surface area (Å²) in [7, 11) is 0. The molecular weight excluding hydrogens is 228 g/mol. The second-order valence-corrected chi connectivity index (χ2v) is 4.19. The summed E-state index contributed by atoms with van der Waals surface area (Å²) in [4.78, 5) is 24.5. The summed E-state index contributed by atoms with van der Waals surface area (Å²) in [6.45, 7) is 1.66. The summed E-state index contributed by atoms with van der Waals surface area (Å²) in [5.74, 6) is -0.215. The number of ketones is 2. The third-order valence-corrected chi connectivity index (χ3v) is 3.12. The average Bonchev–Trinajstić information content (AvgIpc) is 2.87. The number of hydrogen-bond donors (Lipinski definition) is 0. The van der Waals surface area contributed by atoms with Crippen LogP contribution in [0.1, 0.15) is 33.4 Å². The highest BCUT2D eigenvalue weighted by molar-refractivity contribution is 6.39. The molecule has 1 aromatic heterocycles. The third-order valence-electron chi connectivity index (χ3n) is 3.12. The van der Waals surface area contributed by atoms with Crippen LogP contribution in [0.15, 0.2) is 52.7 Å². The fourth-order valence-corrected chi connectivity index (χ4v) is 2.21. The SMILES string of the molecule is CC1=C(c2ccccc2)C(=O)c2ccoc2C1=O. The van der Waals surface area contributed by atoms with Crippen LogP contribution in [0, 0.1) is 0 Å². The number of benzene rings is 1. The largest absolute Gasteiger partial charge is 0.460 e. The highest BCUT2D eigenvalue weighted by Gasteiger charge is 2.32. The monoisotopic (exact) mass is 238 g/mol. The third kappa shape index (κ3) is 1.37. The number of fused-ring (bicyclic) bond motifs is 1. The van der Waals surface area contributed by atoms with E-state index in [1.807, 2.05) is 30.3 Å². The number of furan rings is 1. The van der Waals surface area contributed by atoms with E-state index < -0.39 is 0 Å². The molecule has 3 heteroatoms. The molecule has 1 aromatic carbocycles. The van der Waals surface area contributed by atoms with Crippen LogP contribution in [0.3, 0.4) is 0 Å². The van der Waals surface area contributed by atoms with Crippen molar-refractivity contribution in [1.29, 1.82) is 0 Å². The molecule has 0 N–H and O–H groups in total. The lowest BCUT2D eigenvalue weighted by atomic mass is 9.85. The molecule has 2 aromatic rings. The van der Waals surface area contributed by atoms with E-state index in [2.05, 4.69) is 0 Å². The summed E-state index contributed by atoms with van der Waals surface area (Å²) >= 11 is 0. The molecule has 0 saturated carbocycles. The summed E-state index contributed by atoms with van der Waals surface area (Å²) in [5.41, 5.74) is 2.02. The summed E-state index contributed by atoms with van der Waals surface area (Å²) < 4.78 is 5.09. The van der Waals surface area contributed by atoms with Crippen LogP contribution in [0.25, 0.3) is 5.57 Å². The first-order chi connectivity index (χ1) is 8.70. The van der Waals surface area contributed by atoms with Crippen molar-refractivity contribution in [2.75, 3.05) is 0 Å². The Balaban J connectivity index is 2.24. The van der Waals surface area contributed by atoms with Crippen LogP contribution in [0.4, 0.5) is 0 Å². The highest BCUT2D eigenvalue weighted by Crippen LogP contribution is 2.32. The normalized spacial score (nSPS) is 14.9. The Kier molecular flexibility index (Phi) is 2.27. The topological polar surface area (TPSA) is 47.3 Å². The van der Waals surface area contributed by atoms with Crippen LogP contribution >= 0.6 is 0 Å². The Hall–Kier alpha value is -2.42. The summed E-state index contributed by atoms with van der Waals surface area (Å²) in [5, 5.41) is 0. The van der Waals surface area contributed by atoms with Gasteiger partial charge in [-0.05, 0) is 18.6 Å². The van der Waals surface area contributed by atoms with Crippen molar-refractivity contribution in [3.8, 4) is 0 Å². The number of carbonyl (C=O) groups excluding carboxylic acids is 2. The minimum atomic E-state index is -0.214. The Morgan fingerprint density at radius 2 is 1.67 bits per heavy atom.